The highest BCUT2D eigenvalue weighted by Gasteiger charge is 2.12. The highest BCUT2D eigenvalue weighted by atomic mass is 35.5. The Morgan fingerprint density at radius 1 is 1.06 bits per heavy atom. The monoisotopic (exact) mass is 487 g/mol. The van der Waals surface area contributed by atoms with Gasteiger partial charge in [0, 0.05) is 28.8 Å². The van der Waals surface area contributed by atoms with Crippen LogP contribution >= 0.6 is 11.6 Å². The maximum Gasteiger partial charge on any atom is 0.230 e. The van der Waals surface area contributed by atoms with Crippen LogP contribution in [0.2, 0.25) is 5.02 Å². The number of pyridine rings is 1. The van der Waals surface area contributed by atoms with Gasteiger partial charge in [0.05, 0.1) is 17.1 Å². The molecular formula is C26H22ClN5O3. The molecule has 3 aromatic heterocycles. The third-order valence-electron chi connectivity index (χ3n) is 5.41. The fourth-order valence-corrected chi connectivity index (χ4v) is 3.91. The van der Waals surface area contributed by atoms with Crippen LogP contribution in [-0.4, -0.2) is 17.0 Å². The molecule has 0 saturated carbocycles. The number of anilines is 2. The summed E-state index contributed by atoms with van der Waals surface area (Å²) in [7, 11) is 1.88. The summed E-state index contributed by atoms with van der Waals surface area (Å²) in [6.07, 6.45) is 2.94. The van der Waals surface area contributed by atoms with E-state index in [-0.39, 0.29) is 6.61 Å². The number of benzene rings is 2. The van der Waals surface area contributed by atoms with Crippen molar-refractivity contribution in [3.8, 4) is 17.1 Å². The first kappa shape index (κ1) is 22.6. The largest absolute Gasteiger partial charge is 0.618 e. The van der Waals surface area contributed by atoms with Crippen molar-refractivity contribution in [3.63, 3.8) is 0 Å². The van der Waals surface area contributed by atoms with Crippen molar-refractivity contribution in [2.45, 2.75) is 13.2 Å². The molecule has 0 unspecified atom stereocenters. The Morgan fingerprint density at radius 2 is 1.97 bits per heavy atom. The minimum absolute atomic E-state index is 0.110. The van der Waals surface area contributed by atoms with Crippen molar-refractivity contribution in [3.05, 3.63) is 101 Å². The summed E-state index contributed by atoms with van der Waals surface area (Å²) < 4.78 is 12.4. The number of halogens is 1. The molecule has 2 N–H and O–H groups in total. The molecule has 5 rings (SSSR count). The van der Waals surface area contributed by atoms with E-state index < -0.39 is 0 Å². The van der Waals surface area contributed by atoms with Gasteiger partial charge in [-0.1, -0.05) is 11.6 Å². The van der Waals surface area contributed by atoms with E-state index in [0.29, 0.717) is 28.8 Å². The highest BCUT2D eigenvalue weighted by Crippen LogP contribution is 2.32. The lowest BCUT2D eigenvalue weighted by Gasteiger charge is -2.12. The van der Waals surface area contributed by atoms with Crippen LogP contribution in [0.4, 0.5) is 11.5 Å². The Hall–Kier alpha value is -4.14. The zero-order chi connectivity index (χ0) is 24.2. The number of fused-ring (bicyclic) bond motifs is 1. The molecule has 0 aliphatic carbocycles. The Labute approximate surface area is 206 Å². The number of hydrogen-bond acceptors (Lipinski definition) is 7. The van der Waals surface area contributed by atoms with Gasteiger partial charge in [-0.3, -0.25) is 0 Å². The van der Waals surface area contributed by atoms with Gasteiger partial charge in [-0.05, 0) is 61.6 Å². The summed E-state index contributed by atoms with van der Waals surface area (Å²) >= 11 is 6.45. The van der Waals surface area contributed by atoms with E-state index in [0.717, 1.165) is 38.4 Å². The van der Waals surface area contributed by atoms with E-state index >= 15 is 0 Å². The van der Waals surface area contributed by atoms with Crippen LogP contribution in [0.3, 0.4) is 0 Å². The summed E-state index contributed by atoms with van der Waals surface area (Å²) in [5.74, 6) is 2.75. The predicted octanol–water partition coefficient (Wildman–Crippen LogP) is 5.22. The van der Waals surface area contributed by atoms with Crippen LogP contribution in [0, 0.1) is 5.21 Å². The van der Waals surface area contributed by atoms with Gasteiger partial charge in [0.15, 0.2) is 12.8 Å². The van der Waals surface area contributed by atoms with Crippen LogP contribution in [0.1, 0.15) is 11.5 Å². The fourth-order valence-electron chi connectivity index (χ4n) is 3.67. The summed E-state index contributed by atoms with van der Waals surface area (Å²) in [5.41, 5.74) is 2.95. The number of nitrogens with zero attached hydrogens (tertiary/aromatic N) is 3. The lowest BCUT2D eigenvalue weighted by atomic mass is 10.1. The smallest absolute Gasteiger partial charge is 0.230 e. The molecule has 8 nitrogen and oxygen atoms in total. The number of furan rings is 1. The average Bonchev–Trinajstić information content (AvgIpc) is 3.33. The molecule has 0 aliphatic heterocycles. The standard InChI is InChI=1S/C26H22ClN5O3/c1-28-14-20-7-10-24(35-20)17-5-8-23-21(12-17)26(30-16-29-23)31-18-6-9-25(22(27)13-18)34-15-19-4-2-3-11-32(19)33/h2-13,16,28H,14-15H2,1H3,(H,29,30,31). The zero-order valence-electron chi connectivity index (χ0n) is 18.9. The Kier molecular flexibility index (Phi) is 6.47. The highest BCUT2D eigenvalue weighted by molar-refractivity contribution is 6.32. The third kappa shape index (κ3) is 5.03. The summed E-state index contributed by atoms with van der Waals surface area (Å²) in [4.78, 5) is 8.81. The summed E-state index contributed by atoms with van der Waals surface area (Å²) in [6.45, 7) is 0.769. The topological polar surface area (TPSA) is 99.2 Å². The molecule has 0 amide bonds. The SMILES string of the molecule is CNCc1ccc(-c2ccc3ncnc(Nc4ccc(OCc5cccc[n+]5[O-])c(Cl)c4)c3c2)o1. The number of nitrogens with one attached hydrogen (secondary N) is 2. The van der Waals surface area contributed by atoms with Gasteiger partial charge in [0.2, 0.25) is 5.69 Å². The van der Waals surface area contributed by atoms with E-state index in [1.165, 1.54) is 12.5 Å². The lowest BCUT2D eigenvalue weighted by molar-refractivity contribution is -0.616. The van der Waals surface area contributed by atoms with Crippen molar-refractivity contribution in [1.29, 1.82) is 0 Å². The first-order valence-electron chi connectivity index (χ1n) is 11.0. The van der Waals surface area contributed by atoms with Gasteiger partial charge in [0.1, 0.15) is 29.4 Å². The van der Waals surface area contributed by atoms with Crippen LogP contribution in [0.5, 0.6) is 5.75 Å². The molecule has 0 atom stereocenters. The molecule has 0 radical (unpaired) electrons. The lowest BCUT2D eigenvalue weighted by Crippen LogP contribution is -2.31. The molecule has 9 heteroatoms. The second-order valence-corrected chi connectivity index (χ2v) is 8.23. The minimum atomic E-state index is 0.110. The first-order chi connectivity index (χ1) is 17.1. The van der Waals surface area contributed by atoms with Gasteiger partial charge in [-0.15, -0.1) is 0 Å². The molecular weight excluding hydrogens is 466 g/mol. The molecule has 0 spiro atoms. The van der Waals surface area contributed by atoms with Gasteiger partial charge < -0.3 is 25.0 Å². The van der Waals surface area contributed by atoms with Gasteiger partial charge >= 0.3 is 0 Å². The molecule has 3 heterocycles. The van der Waals surface area contributed by atoms with Crippen molar-refractivity contribution in [1.82, 2.24) is 15.3 Å². The van der Waals surface area contributed by atoms with Crippen molar-refractivity contribution in [2.75, 3.05) is 12.4 Å². The molecule has 0 fully saturated rings. The van der Waals surface area contributed by atoms with E-state index in [9.17, 15) is 5.21 Å². The Morgan fingerprint density at radius 3 is 2.80 bits per heavy atom. The van der Waals surface area contributed by atoms with Crippen molar-refractivity contribution in [2.24, 2.45) is 0 Å². The first-order valence-corrected chi connectivity index (χ1v) is 11.3. The summed E-state index contributed by atoms with van der Waals surface area (Å²) in [5, 5.41) is 19.5. The predicted molar refractivity (Wildman–Crippen MR) is 134 cm³/mol. The van der Waals surface area contributed by atoms with Gasteiger partial charge in [-0.25, -0.2) is 9.97 Å². The second kappa shape index (κ2) is 10.0. The van der Waals surface area contributed by atoms with Crippen molar-refractivity contribution < 1.29 is 13.9 Å². The average molecular weight is 488 g/mol. The quantitative estimate of drug-likeness (QED) is 0.229. The number of rotatable bonds is 8. The van der Waals surface area contributed by atoms with E-state index in [2.05, 4.69) is 20.6 Å². The van der Waals surface area contributed by atoms with E-state index in [1.54, 1.807) is 30.3 Å². The number of hydrogen-bond donors (Lipinski definition) is 2. The van der Waals surface area contributed by atoms with Crippen LogP contribution in [0.25, 0.3) is 22.2 Å². The van der Waals surface area contributed by atoms with Gasteiger partial charge in [-0.2, -0.15) is 4.73 Å². The fraction of sp³-hybridized carbons (Fsp3) is 0.115. The number of ether oxygens (including phenoxy) is 1. The Balaban J connectivity index is 1.37. The maximum atomic E-state index is 11.8. The van der Waals surface area contributed by atoms with Crippen LogP contribution in [0.15, 0.2) is 83.7 Å². The normalized spacial score (nSPS) is 11.0. The molecule has 176 valence electrons. The molecule has 0 saturated heterocycles. The Bertz CT molecular complexity index is 1490. The van der Waals surface area contributed by atoms with Crippen LogP contribution in [-0.2, 0) is 13.2 Å². The van der Waals surface area contributed by atoms with E-state index in [4.69, 9.17) is 20.8 Å². The number of aromatic nitrogens is 3. The molecule has 5 aromatic rings. The van der Waals surface area contributed by atoms with Crippen LogP contribution < -0.4 is 20.1 Å². The van der Waals surface area contributed by atoms with E-state index in [1.807, 2.05) is 43.4 Å². The molecule has 0 bridgehead atoms. The molecule has 2 aromatic carbocycles. The van der Waals surface area contributed by atoms with Gasteiger partial charge in [0.25, 0.3) is 0 Å². The molecule has 0 aliphatic rings. The summed E-state index contributed by atoms with van der Waals surface area (Å²) in [6, 6.07) is 20.3. The second-order valence-electron chi connectivity index (χ2n) is 7.83. The molecule has 35 heavy (non-hydrogen) atoms. The minimum Gasteiger partial charge on any atom is -0.618 e. The maximum absolute atomic E-state index is 11.8. The third-order valence-corrected chi connectivity index (χ3v) is 5.70. The van der Waals surface area contributed by atoms with Crippen molar-refractivity contribution >= 4 is 34.0 Å². The zero-order valence-corrected chi connectivity index (χ0v) is 19.6.